The third kappa shape index (κ3) is 3.23. The first-order chi connectivity index (χ1) is 8.61. The van der Waals surface area contributed by atoms with Crippen LogP contribution in [0.4, 0.5) is 0 Å². The minimum absolute atomic E-state index is 0.0824. The molecule has 0 spiro atoms. The highest BCUT2D eigenvalue weighted by Gasteiger charge is 2.23. The fourth-order valence-corrected chi connectivity index (χ4v) is 2.08. The molecule has 0 heterocycles. The van der Waals surface area contributed by atoms with E-state index in [1.165, 1.54) is 12.8 Å². The van der Waals surface area contributed by atoms with E-state index in [2.05, 4.69) is 15.9 Å². The number of hydrogen-bond acceptors (Lipinski definition) is 3. The van der Waals surface area contributed by atoms with Gasteiger partial charge in [0.15, 0.2) is 0 Å². The Hall–Kier alpha value is -1.07. The molecule has 1 aromatic carbocycles. The van der Waals surface area contributed by atoms with Crippen molar-refractivity contribution in [3.63, 3.8) is 0 Å². The van der Waals surface area contributed by atoms with Gasteiger partial charge in [0.05, 0.1) is 17.0 Å². The van der Waals surface area contributed by atoms with E-state index < -0.39 is 11.9 Å². The summed E-state index contributed by atoms with van der Waals surface area (Å²) >= 11 is 3.41. The van der Waals surface area contributed by atoms with Crippen molar-refractivity contribution < 1.29 is 14.6 Å². The second-order valence-corrected chi connectivity index (χ2v) is 5.43. The van der Waals surface area contributed by atoms with Gasteiger partial charge in [0.1, 0.15) is 5.75 Å². The van der Waals surface area contributed by atoms with Crippen LogP contribution in [0.15, 0.2) is 22.7 Å². The molecule has 0 amide bonds. The molecule has 18 heavy (non-hydrogen) atoms. The number of benzene rings is 1. The Morgan fingerprint density at radius 1 is 1.56 bits per heavy atom. The van der Waals surface area contributed by atoms with Crippen molar-refractivity contribution in [2.45, 2.75) is 18.8 Å². The SMILES string of the molecule is NCC(C(=O)O)c1ccc(Br)c(OCC2CC2)c1. The van der Waals surface area contributed by atoms with E-state index in [0.717, 1.165) is 4.47 Å². The second kappa shape index (κ2) is 5.71. The maximum atomic E-state index is 11.1. The van der Waals surface area contributed by atoms with Gasteiger partial charge in [-0.15, -0.1) is 0 Å². The summed E-state index contributed by atoms with van der Waals surface area (Å²) in [6.45, 7) is 0.779. The van der Waals surface area contributed by atoms with Crippen molar-refractivity contribution in [1.29, 1.82) is 0 Å². The molecule has 4 nitrogen and oxygen atoms in total. The monoisotopic (exact) mass is 313 g/mol. The zero-order valence-electron chi connectivity index (χ0n) is 9.93. The first-order valence-corrected chi connectivity index (χ1v) is 6.76. The molecule has 5 heteroatoms. The summed E-state index contributed by atoms with van der Waals surface area (Å²) in [7, 11) is 0. The van der Waals surface area contributed by atoms with E-state index in [0.29, 0.717) is 23.8 Å². The lowest BCUT2D eigenvalue weighted by atomic mass is 9.99. The minimum Gasteiger partial charge on any atom is -0.492 e. The highest BCUT2D eigenvalue weighted by atomic mass is 79.9. The van der Waals surface area contributed by atoms with Crippen LogP contribution in [0.5, 0.6) is 5.75 Å². The number of carboxylic acid groups (broad SMARTS) is 1. The van der Waals surface area contributed by atoms with Crippen molar-refractivity contribution >= 4 is 21.9 Å². The van der Waals surface area contributed by atoms with E-state index in [4.69, 9.17) is 15.6 Å². The van der Waals surface area contributed by atoms with Crippen molar-refractivity contribution in [3.8, 4) is 5.75 Å². The molecule has 1 aliphatic carbocycles. The summed E-state index contributed by atoms with van der Waals surface area (Å²) in [6.07, 6.45) is 2.44. The van der Waals surface area contributed by atoms with Crippen LogP contribution in [0.25, 0.3) is 0 Å². The van der Waals surface area contributed by atoms with Crippen LogP contribution in [0.1, 0.15) is 24.3 Å². The van der Waals surface area contributed by atoms with Gasteiger partial charge in [0, 0.05) is 6.54 Å². The van der Waals surface area contributed by atoms with Gasteiger partial charge in [-0.1, -0.05) is 6.07 Å². The van der Waals surface area contributed by atoms with Crippen molar-refractivity contribution in [1.82, 2.24) is 0 Å². The number of hydrogen-bond donors (Lipinski definition) is 2. The Labute approximate surface area is 114 Å². The third-order valence-electron chi connectivity index (χ3n) is 3.06. The molecular formula is C13H16BrNO3. The largest absolute Gasteiger partial charge is 0.492 e. The normalized spacial score (nSPS) is 16.3. The Kier molecular flexibility index (Phi) is 4.24. The van der Waals surface area contributed by atoms with E-state index in [-0.39, 0.29) is 6.54 Å². The van der Waals surface area contributed by atoms with E-state index in [1.807, 2.05) is 6.07 Å². The number of halogens is 1. The van der Waals surface area contributed by atoms with Crippen LogP contribution >= 0.6 is 15.9 Å². The lowest BCUT2D eigenvalue weighted by Gasteiger charge is -2.13. The molecule has 1 atom stereocenters. The number of aliphatic carboxylic acids is 1. The van der Waals surface area contributed by atoms with Gasteiger partial charge >= 0.3 is 5.97 Å². The standard InChI is InChI=1S/C13H16BrNO3/c14-11-4-3-9(10(6-15)13(16)17)5-12(11)18-7-8-1-2-8/h3-5,8,10H,1-2,6-7,15H2,(H,16,17). The average Bonchev–Trinajstić information content (AvgIpc) is 3.14. The molecule has 3 N–H and O–H groups in total. The van der Waals surface area contributed by atoms with Gasteiger partial charge in [-0.25, -0.2) is 0 Å². The van der Waals surface area contributed by atoms with Gasteiger partial charge < -0.3 is 15.6 Å². The van der Waals surface area contributed by atoms with Crippen molar-refractivity contribution in [2.24, 2.45) is 11.7 Å². The molecule has 0 bridgehead atoms. The van der Waals surface area contributed by atoms with Gasteiger partial charge in [0.25, 0.3) is 0 Å². The summed E-state index contributed by atoms with van der Waals surface area (Å²) in [5, 5.41) is 9.08. The van der Waals surface area contributed by atoms with Crippen LogP contribution in [0, 0.1) is 5.92 Å². The predicted molar refractivity (Wildman–Crippen MR) is 71.8 cm³/mol. The van der Waals surface area contributed by atoms with Crippen LogP contribution in [0.3, 0.4) is 0 Å². The molecule has 1 unspecified atom stereocenters. The summed E-state index contributed by atoms with van der Waals surface area (Å²) in [6, 6.07) is 5.33. The number of carbonyl (C=O) groups is 1. The molecule has 0 aromatic heterocycles. The zero-order chi connectivity index (χ0) is 13.1. The smallest absolute Gasteiger partial charge is 0.312 e. The molecule has 98 valence electrons. The second-order valence-electron chi connectivity index (χ2n) is 4.57. The quantitative estimate of drug-likeness (QED) is 0.845. The Morgan fingerprint density at radius 2 is 2.28 bits per heavy atom. The Balaban J connectivity index is 2.15. The fourth-order valence-electron chi connectivity index (χ4n) is 1.72. The maximum absolute atomic E-state index is 11.1. The number of carboxylic acids is 1. The molecule has 2 rings (SSSR count). The van der Waals surface area contributed by atoms with E-state index >= 15 is 0 Å². The number of nitrogens with two attached hydrogens (primary N) is 1. The number of rotatable bonds is 6. The van der Waals surface area contributed by atoms with Crippen molar-refractivity contribution in [2.75, 3.05) is 13.2 Å². The number of ether oxygens (including phenoxy) is 1. The topological polar surface area (TPSA) is 72.6 Å². The highest BCUT2D eigenvalue weighted by Crippen LogP contribution is 2.33. The average molecular weight is 314 g/mol. The van der Waals surface area contributed by atoms with Gasteiger partial charge in [-0.3, -0.25) is 4.79 Å². The lowest BCUT2D eigenvalue weighted by molar-refractivity contribution is -0.138. The summed E-state index contributed by atoms with van der Waals surface area (Å²) < 4.78 is 6.54. The Morgan fingerprint density at radius 3 is 2.83 bits per heavy atom. The molecule has 0 radical (unpaired) electrons. The summed E-state index contributed by atoms with van der Waals surface area (Å²) in [5.74, 6) is -0.237. The zero-order valence-corrected chi connectivity index (χ0v) is 11.5. The van der Waals surface area contributed by atoms with Crippen LogP contribution < -0.4 is 10.5 Å². The third-order valence-corrected chi connectivity index (χ3v) is 3.72. The first kappa shape index (κ1) is 13.4. The van der Waals surface area contributed by atoms with Crippen LogP contribution in [0.2, 0.25) is 0 Å². The molecule has 0 saturated heterocycles. The fraction of sp³-hybridized carbons (Fsp3) is 0.462. The van der Waals surface area contributed by atoms with E-state index in [1.54, 1.807) is 12.1 Å². The molecular weight excluding hydrogens is 298 g/mol. The summed E-state index contributed by atoms with van der Waals surface area (Å²) in [4.78, 5) is 11.1. The minimum atomic E-state index is -0.909. The van der Waals surface area contributed by atoms with Crippen molar-refractivity contribution in [3.05, 3.63) is 28.2 Å². The van der Waals surface area contributed by atoms with Gasteiger partial charge in [-0.2, -0.15) is 0 Å². The van der Waals surface area contributed by atoms with Crippen LogP contribution in [-0.4, -0.2) is 24.2 Å². The summed E-state index contributed by atoms with van der Waals surface area (Å²) in [5.41, 5.74) is 6.17. The Bertz CT molecular complexity index is 446. The molecule has 1 fully saturated rings. The predicted octanol–water partition coefficient (Wildman–Crippen LogP) is 2.36. The molecule has 1 saturated carbocycles. The molecule has 1 aliphatic rings. The first-order valence-electron chi connectivity index (χ1n) is 5.97. The molecule has 0 aliphatic heterocycles. The molecule has 1 aromatic rings. The van der Waals surface area contributed by atoms with Gasteiger partial charge in [-0.05, 0) is 52.4 Å². The maximum Gasteiger partial charge on any atom is 0.312 e. The lowest BCUT2D eigenvalue weighted by Crippen LogP contribution is -2.21. The van der Waals surface area contributed by atoms with Gasteiger partial charge in [0.2, 0.25) is 0 Å². The van der Waals surface area contributed by atoms with Crippen LogP contribution in [-0.2, 0) is 4.79 Å². The highest BCUT2D eigenvalue weighted by molar-refractivity contribution is 9.10. The van der Waals surface area contributed by atoms with E-state index in [9.17, 15) is 4.79 Å².